The van der Waals surface area contributed by atoms with Crippen molar-refractivity contribution in [2.75, 3.05) is 19.7 Å². The van der Waals surface area contributed by atoms with Crippen LogP contribution in [0, 0.1) is 25.7 Å². The van der Waals surface area contributed by atoms with E-state index in [1.165, 1.54) is 0 Å². The van der Waals surface area contributed by atoms with Gasteiger partial charge in [-0.15, -0.1) is 0 Å². The van der Waals surface area contributed by atoms with Crippen LogP contribution in [0.1, 0.15) is 11.1 Å². The highest BCUT2D eigenvalue weighted by atomic mass is 19.4. The molecule has 1 N–H and O–H groups in total. The molecule has 1 heterocycles. The van der Waals surface area contributed by atoms with Crippen molar-refractivity contribution in [1.82, 2.24) is 4.90 Å². The van der Waals surface area contributed by atoms with Gasteiger partial charge in [0.15, 0.2) is 6.61 Å². The first-order valence-corrected chi connectivity index (χ1v) is 7.37. The highest BCUT2D eigenvalue weighted by Gasteiger charge is 2.53. The number of likely N-dealkylation sites (tertiary alicyclic amines) is 1. The molecule has 0 bridgehead atoms. The van der Waals surface area contributed by atoms with Crippen molar-refractivity contribution < 1.29 is 32.6 Å². The number of carboxylic acid groups (broad SMARTS) is 1. The SMILES string of the molecule is Cc1ccc(OCC(=O)N2C[C@@H](C(F)(F)F)[C@H](C(=O)O)C2)c(C)c1. The Bertz CT molecular complexity index is 645. The second-order valence-corrected chi connectivity index (χ2v) is 5.95. The standard InChI is InChI=1S/C16H18F3NO4/c1-9-3-4-13(10(2)5-9)24-8-14(21)20-6-11(15(22)23)12(7-20)16(17,18)19/h3-5,11-12H,6-8H2,1-2H3,(H,22,23)/t11-,12-/m1/s1. The molecule has 0 aliphatic carbocycles. The summed E-state index contributed by atoms with van der Waals surface area (Å²) in [4.78, 5) is 24.0. The highest BCUT2D eigenvalue weighted by molar-refractivity contribution is 5.80. The second kappa shape index (κ2) is 6.70. The van der Waals surface area contributed by atoms with E-state index in [4.69, 9.17) is 9.84 Å². The largest absolute Gasteiger partial charge is 0.484 e. The van der Waals surface area contributed by atoms with Crippen molar-refractivity contribution in [2.24, 2.45) is 11.8 Å². The Balaban J connectivity index is 2.01. The van der Waals surface area contributed by atoms with E-state index in [0.29, 0.717) is 5.75 Å². The Labute approximate surface area is 137 Å². The lowest BCUT2D eigenvalue weighted by Gasteiger charge is -2.18. The molecule has 2 atom stereocenters. The fraction of sp³-hybridized carbons (Fsp3) is 0.500. The van der Waals surface area contributed by atoms with Crippen LogP contribution >= 0.6 is 0 Å². The maximum atomic E-state index is 12.9. The summed E-state index contributed by atoms with van der Waals surface area (Å²) in [6.07, 6.45) is -4.66. The summed E-state index contributed by atoms with van der Waals surface area (Å²) in [7, 11) is 0. The van der Waals surface area contributed by atoms with Gasteiger partial charge in [-0.2, -0.15) is 13.2 Å². The van der Waals surface area contributed by atoms with Gasteiger partial charge in [-0.05, 0) is 25.5 Å². The molecular weight excluding hydrogens is 327 g/mol. The Hall–Kier alpha value is -2.25. The van der Waals surface area contributed by atoms with E-state index in [1.807, 2.05) is 13.0 Å². The molecule has 0 saturated carbocycles. The topological polar surface area (TPSA) is 66.8 Å². The molecule has 1 fully saturated rings. The van der Waals surface area contributed by atoms with Crippen LogP contribution in [0.5, 0.6) is 5.75 Å². The molecule has 24 heavy (non-hydrogen) atoms. The fourth-order valence-electron chi connectivity index (χ4n) is 2.78. The van der Waals surface area contributed by atoms with E-state index < -0.39 is 49.6 Å². The molecule has 0 unspecified atom stereocenters. The number of nitrogens with zero attached hydrogens (tertiary/aromatic N) is 1. The number of rotatable bonds is 4. The van der Waals surface area contributed by atoms with Crippen molar-refractivity contribution in [3.8, 4) is 5.75 Å². The molecule has 132 valence electrons. The predicted molar refractivity (Wildman–Crippen MR) is 78.7 cm³/mol. The zero-order valence-corrected chi connectivity index (χ0v) is 13.3. The fourth-order valence-corrected chi connectivity index (χ4v) is 2.78. The normalized spacial score (nSPS) is 21.0. The molecule has 0 spiro atoms. The van der Waals surface area contributed by atoms with E-state index in [0.717, 1.165) is 16.0 Å². The number of hydrogen-bond donors (Lipinski definition) is 1. The summed E-state index contributed by atoms with van der Waals surface area (Å²) in [6.45, 7) is 2.14. The van der Waals surface area contributed by atoms with Crippen molar-refractivity contribution in [3.05, 3.63) is 29.3 Å². The number of benzene rings is 1. The molecule has 1 aromatic carbocycles. The number of carbonyl (C=O) groups excluding carboxylic acids is 1. The minimum atomic E-state index is -4.66. The molecule has 1 amide bonds. The number of aryl methyl sites for hydroxylation is 2. The van der Waals surface area contributed by atoms with Crippen LogP contribution in [-0.4, -0.2) is 47.8 Å². The van der Waals surface area contributed by atoms with Gasteiger partial charge in [-0.3, -0.25) is 9.59 Å². The first kappa shape index (κ1) is 18.1. The average Bonchev–Trinajstić information content (AvgIpc) is 2.91. The van der Waals surface area contributed by atoms with Crippen molar-refractivity contribution in [1.29, 1.82) is 0 Å². The summed E-state index contributed by atoms with van der Waals surface area (Å²) >= 11 is 0. The summed E-state index contributed by atoms with van der Waals surface area (Å²) in [6, 6.07) is 5.33. The van der Waals surface area contributed by atoms with Crippen molar-refractivity contribution in [3.63, 3.8) is 0 Å². The Morgan fingerprint density at radius 3 is 2.46 bits per heavy atom. The Morgan fingerprint density at radius 2 is 1.96 bits per heavy atom. The smallest absolute Gasteiger partial charge is 0.394 e. The van der Waals surface area contributed by atoms with Gasteiger partial charge < -0.3 is 14.7 Å². The number of ether oxygens (including phenoxy) is 1. The average molecular weight is 345 g/mol. The number of hydrogen-bond acceptors (Lipinski definition) is 3. The minimum Gasteiger partial charge on any atom is -0.484 e. The van der Waals surface area contributed by atoms with Gasteiger partial charge in [0.1, 0.15) is 5.75 Å². The molecule has 0 radical (unpaired) electrons. The van der Waals surface area contributed by atoms with Gasteiger partial charge in [-0.25, -0.2) is 0 Å². The quantitative estimate of drug-likeness (QED) is 0.910. The number of aliphatic carboxylic acids is 1. The van der Waals surface area contributed by atoms with Gasteiger partial charge >= 0.3 is 12.1 Å². The highest BCUT2D eigenvalue weighted by Crippen LogP contribution is 2.37. The molecule has 0 aromatic heterocycles. The van der Waals surface area contributed by atoms with Crippen LogP contribution in [0.2, 0.25) is 0 Å². The Morgan fingerprint density at radius 1 is 1.29 bits per heavy atom. The number of alkyl halides is 3. The zero-order chi connectivity index (χ0) is 18.1. The lowest BCUT2D eigenvalue weighted by atomic mass is 9.96. The lowest BCUT2D eigenvalue weighted by Crippen LogP contribution is -2.35. The van der Waals surface area contributed by atoms with E-state index in [9.17, 15) is 22.8 Å². The molecule has 5 nitrogen and oxygen atoms in total. The van der Waals surface area contributed by atoms with Gasteiger partial charge in [0.05, 0.1) is 11.8 Å². The third-order valence-corrected chi connectivity index (χ3v) is 4.09. The molecule has 1 aliphatic rings. The van der Waals surface area contributed by atoms with Crippen molar-refractivity contribution >= 4 is 11.9 Å². The van der Waals surface area contributed by atoms with E-state index >= 15 is 0 Å². The van der Waals surface area contributed by atoms with E-state index in [2.05, 4.69) is 0 Å². The van der Waals surface area contributed by atoms with Gasteiger partial charge in [0, 0.05) is 13.1 Å². The number of amides is 1. The maximum absolute atomic E-state index is 12.9. The van der Waals surface area contributed by atoms with Crippen molar-refractivity contribution in [2.45, 2.75) is 20.0 Å². The molecule has 8 heteroatoms. The lowest BCUT2D eigenvalue weighted by molar-refractivity contribution is -0.188. The summed E-state index contributed by atoms with van der Waals surface area (Å²) in [5.74, 6) is -5.44. The van der Waals surface area contributed by atoms with Crippen LogP contribution < -0.4 is 4.74 Å². The van der Waals surface area contributed by atoms with Crippen LogP contribution in [0.25, 0.3) is 0 Å². The first-order chi connectivity index (χ1) is 11.1. The molecular formula is C16H18F3NO4. The Kier molecular flexibility index (Phi) is 5.05. The van der Waals surface area contributed by atoms with E-state index in [-0.39, 0.29) is 0 Å². The van der Waals surface area contributed by atoms with Gasteiger partial charge in [0.2, 0.25) is 0 Å². The van der Waals surface area contributed by atoms with E-state index in [1.54, 1.807) is 19.1 Å². The van der Waals surface area contributed by atoms with Crippen LogP contribution in [0.4, 0.5) is 13.2 Å². The minimum absolute atomic E-state index is 0.430. The number of carbonyl (C=O) groups is 2. The third kappa shape index (κ3) is 3.98. The predicted octanol–water partition coefficient (Wildman–Crippen LogP) is 2.40. The number of carboxylic acids is 1. The summed E-state index contributed by atoms with van der Waals surface area (Å²) in [5.41, 5.74) is 1.82. The first-order valence-electron chi connectivity index (χ1n) is 7.37. The second-order valence-electron chi connectivity index (χ2n) is 5.95. The molecule has 2 rings (SSSR count). The van der Waals surface area contributed by atoms with Crippen LogP contribution in [0.15, 0.2) is 18.2 Å². The van der Waals surface area contributed by atoms with Crippen LogP contribution in [0.3, 0.4) is 0 Å². The zero-order valence-electron chi connectivity index (χ0n) is 13.3. The number of halogens is 3. The molecule has 1 aromatic rings. The van der Waals surface area contributed by atoms with Gasteiger partial charge in [0.25, 0.3) is 5.91 Å². The third-order valence-electron chi connectivity index (χ3n) is 4.09. The van der Waals surface area contributed by atoms with Gasteiger partial charge in [-0.1, -0.05) is 17.7 Å². The summed E-state index contributed by atoms with van der Waals surface area (Å²) < 4.78 is 44.1. The molecule has 1 saturated heterocycles. The molecule has 1 aliphatic heterocycles. The summed E-state index contributed by atoms with van der Waals surface area (Å²) in [5, 5.41) is 8.95. The monoisotopic (exact) mass is 345 g/mol. The maximum Gasteiger partial charge on any atom is 0.394 e. The van der Waals surface area contributed by atoms with Crippen LogP contribution in [-0.2, 0) is 9.59 Å².